The molecule has 0 aromatic heterocycles. The second kappa shape index (κ2) is 74.4. The third-order valence-electron chi connectivity index (χ3n) is 18.7. The van der Waals surface area contributed by atoms with Crippen molar-refractivity contribution in [1.82, 2.24) is 0 Å². The minimum absolute atomic E-state index is 0.101. The Balaban J connectivity index is 5.30. The number of rotatable bonds is 80. The Labute approximate surface area is 618 Å². The highest BCUT2D eigenvalue weighted by Crippen LogP contribution is 2.45. The fraction of sp³-hybridized carbons (Fsp3) is 0.902. The van der Waals surface area contributed by atoms with Crippen molar-refractivity contribution in [2.75, 3.05) is 39.6 Å². The number of unbranched alkanes of at least 4 members (excludes halogenated alkanes) is 49. The van der Waals surface area contributed by atoms with E-state index in [1.54, 1.807) is 0 Å². The van der Waals surface area contributed by atoms with Crippen LogP contribution in [0.1, 0.15) is 413 Å². The molecule has 0 spiro atoms. The van der Waals surface area contributed by atoms with Crippen molar-refractivity contribution in [3.05, 3.63) is 24.3 Å². The number of hydrogen-bond acceptors (Lipinski definition) is 15. The Morgan fingerprint density at radius 3 is 0.812 bits per heavy atom. The Morgan fingerprint density at radius 1 is 0.307 bits per heavy atom. The van der Waals surface area contributed by atoms with Crippen molar-refractivity contribution in [3.8, 4) is 0 Å². The van der Waals surface area contributed by atoms with Gasteiger partial charge >= 0.3 is 39.5 Å². The number of carbonyl (C=O) groups excluding carboxylic acids is 4. The van der Waals surface area contributed by atoms with E-state index in [4.69, 9.17) is 37.0 Å². The standard InChI is InChI=1S/C82H156O17P2/c1-6-9-12-15-18-21-24-27-30-36-41-46-51-56-61-66-80(85)93-72-78(99-82(87)68-63-58-53-48-43-38-33-29-32-35-39-44-49-54-59-64-75(4)5)74-97-101(90,91)95-70-76(83)69-94-100(88,89)96-73-77(71-92-79(84)65-60-55-50-45-40-34-26-23-20-17-14-11-8-3)98-81(86)67-62-57-52-47-42-37-31-28-25-22-19-16-13-10-7-2/h21,24,27,30,75-78,83H,6-20,22-23,25-26,28-29,31-74H2,1-5H3,(H,88,89)(H,90,91)/b24-21-,30-27-/t76-,77+,78+/m0/s1. The number of hydrogen-bond donors (Lipinski definition) is 3. The van der Waals surface area contributed by atoms with Gasteiger partial charge in [-0.15, -0.1) is 0 Å². The van der Waals surface area contributed by atoms with Crippen LogP contribution in [0.5, 0.6) is 0 Å². The third-order valence-corrected chi connectivity index (χ3v) is 20.6. The molecule has 0 amide bonds. The lowest BCUT2D eigenvalue weighted by molar-refractivity contribution is -0.161. The molecular weight excluding hydrogens is 1320 g/mol. The van der Waals surface area contributed by atoms with Crippen molar-refractivity contribution in [2.45, 2.75) is 432 Å². The average Bonchev–Trinajstić information content (AvgIpc) is 0.957. The smallest absolute Gasteiger partial charge is 0.462 e. The van der Waals surface area contributed by atoms with Gasteiger partial charge in [0.15, 0.2) is 12.2 Å². The molecule has 2 unspecified atom stereocenters. The molecule has 0 rings (SSSR count). The first-order chi connectivity index (χ1) is 49.0. The fourth-order valence-corrected chi connectivity index (χ4v) is 13.8. The number of ether oxygens (including phenoxy) is 4. The van der Waals surface area contributed by atoms with Gasteiger partial charge in [0.1, 0.15) is 19.3 Å². The monoisotopic (exact) mass is 1480 g/mol. The van der Waals surface area contributed by atoms with E-state index in [0.29, 0.717) is 25.7 Å². The summed E-state index contributed by atoms with van der Waals surface area (Å²) < 4.78 is 68.7. The van der Waals surface area contributed by atoms with E-state index in [0.717, 1.165) is 115 Å². The predicted octanol–water partition coefficient (Wildman–Crippen LogP) is 24.4. The number of carbonyl (C=O) groups is 4. The second-order valence-electron chi connectivity index (χ2n) is 29.3. The first-order valence-electron chi connectivity index (χ1n) is 42.0. The van der Waals surface area contributed by atoms with Crippen molar-refractivity contribution in [1.29, 1.82) is 0 Å². The van der Waals surface area contributed by atoms with E-state index in [2.05, 4.69) is 58.9 Å². The van der Waals surface area contributed by atoms with Crippen LogP contribution in [0.4, 0.5) is 0 Å². The summed E-state index contributed by atoms with van der Waals surface area (Å²) in [6.45, 7) is 7.30. The minimum atomic E-state index is -4.97. The van der Waals surface area contributed by atoms with Crippen LogP contribution in [-0.4, -0.2) is 96.7 Å². The summed E-state index contributed by atoms with van der Waals surface area (Å²) in [5.74, 6) is -1.33. The molecule has 3 N–H and O–H groups in total. The van der Waals surface area contributed by atoms with Crippen LogP contribution in [0.15, 0.2) is 24.3 Å². The molecule has 0 aromatic rings. The maximum Gasteiger partial charge on any atom is 0.472 e. The summed E-state index contributed by atoms with van der Waals surface area (Å²) in [6, 6.07) is 0. The summed E-state index contributed by atoms with van der Waals surface area (Å²) in [4.78, 5) is 73.1. The van der Waals surface area contributed by atoms with Gasteiger partial charge in [0.05, 0.1) is 26.4 Å². The van der Waals surface area contributed by atoms with Crippen LogP contribution in [0.25, 0.3) is 0 Å². The maximum atomic E-state index is 13.1. The van der Waals surface area contributed by atoms with Gasteiger partial charge in [-0.3, -0.25) is 37.3 Å². The molecule has 0 saturated heterocycles. The van der Waals surface area contributed by atoms with Gasteiger partial charge in [0.25, 0.3) is 0 Å². The zero-order valence-electron chi connectivity index (χ0n) is 65.5. The predicted molar refractivity (Wildman–Crippen MR) is 414 cm³/mol. The molecular formula is C82H156O17P2. The van der Waals surface area contributed by atoms with Gasteiger partial charge in [0, 0.05) is 25.7 Å². The van der Waals surface area contributed by atoms with E-state index < -0.39 is 97.5 Å². The van der Waals surface area contributed by atoms with Gasteiger partial charge < -0.3 is 33.8 Å². The summed E-state index contributed by atoms with van der Waals surface area (Å²) >= 11 is 0. The molecule has 5 atom stereocenters. The van der Waals surface area contributed by atoms with E-state index in [1.807, 2.05) is 0 Å². The molecule has 19 heteroatoms. The van der Waals surface area contributed by atoms with Crippen LogP contribution >= 0.6 is 15.6 Å². The van der Waals surface area contributed by atoms with Crippen molar-refractivity contribution in [2.24, 2.45) is 5.92 Å². The van der Waals surface area contributed by atoms with Crippen LogP contribution < -0.4 is 0 Å². The lowest BCUT2D eigenvalue weighted by atomic mass is 10.0. The number of phosphoric ester groups is 2. The van der Waals surface area contributed by atoms with Crippen LogP contribution in [0, 0.1) is 5.92 Å². The van der Waals surface area contributed by atoms with E-state index in [1.165, 1.54) is 218 Å². The molecule has 0 radical (unpaired) electrons. The Bertz CT molecular complexity index is 2020. The van der Waals surface area contributed by atoms with Gasteiger partial charge in [0.2, 0.25) is 0 Å². The van der Waals surface area contributed by atoms with Gasteiger partial charge in [-0.2, -0.15) is 0 Å². The zero-order valence-corrected chi connectivity index (χ0v) is 67.3. The van der Waals surface area contributed by atoms with E-state index in [-0.39, 0.29) is 25.7 Å². The number of esters is 4. The van der Waals surface area contributed by atoms with Crippen LogP contribution in [-0.2, 0) is 65.4 Å². The topological polar surface area (TPSA) is 237 Å². The minimum Gasteiger partial charge on any atom is -0.462 e. The van der Waals surface area contributed by atoms with Crippen LogP contribution in [0.2, 0.25) is 0 Å². The first kappa shape index (κ1) is 98.5. The lowest BCUT2D eigenvalue weighted by Gasteiger charge is -2.21. The second-order valence-corrected chi connectivity index (χ2v) is 32.2. The molecule has 101 heavy (non-hydrogen) atoms. The van der Waals surface area contributed by atoms with Gasteiger partial charge in [-0.1, -0.05) is 361 Å². The van der Waals surface area contributed by atoms with Crippen LogP contribution in [0.3, 0.4) is 0 Å². The SMILES string of the molecule is CCCCCC/C=C\C=C/CCCCCCCC(=O)OC[C@H](COP(=O)(O)OC[C@@H](O)COP(=O)(O)OC[C@@H](COC(=O)CCCCCCCCCCCCCCC)OC(=O)CCCCCCCCCCCCCCCCC)OC(=O)CCCCCCCCCCCCCCCCCC(C)C. The Kier molecular flexibility index (Phi) is 72.6. The first-order valence-corrected chi connectivity index (χ1v) is 44.9. The Hall–Kier alpha value is -2.46. The molecule has 0 aliphatic carbocycles. The molecule has 0 heterocycles. The average molecular weight is 1480 g/mol. The van der Waals surface area contributed by atoms with Crippen molar-refractivity contribution >= 4 is 39.5 Å². The lowest BCUT2D eigenvalue weighted by Crippen LogP contribution is -2.30. The van der Waals surface area contributed by atoms with E-state index >= 15 is 0 Å². The Morgan fingerprint density at radius 2 is 0.535 bits per heavy atom. The summed E-state index contributed by atoms with van der Waals surface area (Å²) in [5, 5.41) is 10.7. The van der Waals surface area contributed by atoms with E-state index in [9.17, 15) is 43.2 Å². The third kappa shape index (κ3) is 75.6. The normalized spacial score (nSPS) is 14.0. The molecule has 596 valence electrons. The number of aliphatic hydroxyl groups is 1. The fourth-order valence-electron chi connectivity index (χ4n) is 12.2. The summed E-state index contributed by atoms with van der Waals surface area (Å²) in [7, 11) is -9.93. The summed E-state index contributed by atoms with van der Waals surface area (Å²) in [6.07, 6.45) is 68.6. The molecule has 0 saturated carbocycles. The molecule has 17 nitrogen and oxygen atoms in total. The number of aliphatic hydroxyl groups excluding tert-OH is 1. The quantitative estimate of drug-likeness (QED) is 0.0169. The number of allylic oxidation sites excluding steroid dienone is 4. The molecule has 0 aromatic carbocycles. The number of phosphoric acid groups is 2. The van der Waals surface area contributed by atoms with Crippen molar-refractivity contribution in [3.63, 3.8) is 0 Å². The highest BCUT2D eigenvalue weighted by molar-refractivity contribution is 7.47. The summed E-state index contributed by atoms with van der Waals surface area (Å²) in [5.41, 5.74) is 0. The maximum absolute atomic E-state index is 13.1. The van der Waals surface area contributed by atoms with Gasteiger partial charge in [-0.05, 0) is 57.3 Å². The molecule has 0 bridgehead atoms. The molecule has 0 aliphatic heterocycles. The highest BCUT2D eigenvalue weighted by Gasteiger charge is 2.30. The van der Waals surface area contributed by atoms with Crippen molar-refractivity contribution < 1.29 is 80.2 Å². The zero-order chi connectivity index (χ0) is 74.1. The molecule has 0 aliphatic rings. The molecule has 0 fully saturated rings. The van der Waals surface area contributed by atoms with Gasteiger partial charge in [-0.25, -0.2) is 9.13 Å². The highest BCUT2D eigenvalue weighted by atomic mass is 31.2. The largest absolute Gasteiger partial charge is 0.472 e.